The number of carbonyl (C=O) groups excluding carboxylic acids is 2. The average molecular weight is 269 g/mol. The Morgan fingerprint density at radius 1 is 1.21 bits per heavy atom. The van der Waals surface area contributed by atoms with Crippen molar-refractivity contribution in [3.63, 3.8) is 0 Å². The Labute approximate surface area is 115 Å². The van der Waals surface area contributed by atoms with Crippen molar-refractivity contribution >= 4 is 11.8 Å². The molecule has 1 fully saturated rings. The second-order valence-corrected chi connectivity index (χ2v) is 6.16. The summed E-state index contributed by atoms with van der Waals surface area (Å²) in [6.45, 7) is 5.85. The molecular formula is C14H27N3O2. The number of amides is 2. The van der Waals surface area contributed by atoms with E-state index >= 15 is 0 Å². The van der Waals surface area contributed by atoms with E-state index < -0.39 is 6.04 Å². The van der Waals surface area contributed by atoms with Gasteiger partial charge in [0.05, 0.1) is 12.6 Å². The van der Waals surface area contributed by atoms with E-state index in [0.29, 0.717) is 0 Å². The summed E-state index contributed by atoms with van der Waals surface area (Å²) in [7, 11) is 0. The third-order valence-electron chi connectivity index (χ3n) is 3.84. The van der Waals surface area contributed by atoms with Crippen LogP contribution in [-0.2, 0) is 9.59 Å². The van der Waals surface area contributed by atoms with Crippen molar-refractivity contribution in [1.82, 2.24) is 10.6 Å². The Bertz CT molecular complexity index is 323. The minimum absolute atomic E-state index is 0.00877. The first kappa shape index (κ1) is 16.0. The molecule has 19 heavy (non-hydrogen) atoms. The van der Waals surface area contributed by atoms with Gasteiger partial charge >= 0.3 is 0 Å². The van der Waals surface area contributed by atoms with Crippen LogP contribution >= 0.6 is 0 Å². The minimum atomic E-state index is -0.557. The van der Waals surface area contributed by atoms with Gasteiger partial charge in [0.25, 0.3) is 0 Å². The second kappa shape index (κ2) is 6.89. The molecule has 4 N–H and O–H groups in total. The fourth-order valence-electron chi connectivity index (χ4n) is 2.43. The van der Waals surface area contributed by atoms with E-state index in [0.717, 1.165) is 25.7 Å². The van der Waals surface area contributed by atoms with E-state index in [1.807, 2.05) is 13.8 Å². The van der Waals surface area contributed by atoms with Crippen LogP contribution in [0.5, 0.6) is 0 Å². The molecule has 0 saturated heterocycles. The van der Waals surface area contributed by atoms with Crippen molar-refractivity contribution in [2.75, 3.05) is 6.54 Å². The number of rotatable bonds is 5. The van der Waals surface area contributed by atoms with Crippen LogP contribution < -0.4 is 16.4 Å². The summed E-state index contributed by atoms with van der Waals surface area (Å²) in [5, 5.41) is 5.62. The Morgan fingerprint density at radius 2 is 1.79 bits per heavy atom. The molecule has 0 bridgehead atoms. The number of hydrogen-bond acceptors (Lipinski definition) is 3. The maximum atomic E-state index is 11.8. The highest BCUT2D eigenvalue weighted by molar-refractivity contribution is 5.87. The maximum absolute atomic E-state index is 11.8. The lowest BCUT2D eigenvalue weighted by atomic mass is 9.83. The molecule has 0 aliphatic heterocycles. The highest BCUT2D eigenvalue weighted by atomic mass is 16.2. The van der Waals surface area contributed by atoms with E-state index in [4.69, 9.17) is 5.73 Å². The third-order valence-corrected chi connectivity index (χ3v) is 3.84. The van der Waals surface area contributed by atoms with Crippen LogP contribution in [0, 0.1) is 5.92 Å². The Morgan fingerprint density at radius 3 is 2.32 bits per heavy atom. The van der Waals surface area contributed by atoms with Crippen LogP contribution in [0.3, 0.4) is 0 Å². The quantitative estimate of drug-likeness (QED) is 0.694. The number of nitrogens with one attached hydrogen (secondary N) is 2. The zero-order valence-corrected chi connectivity index (χ0v) is 12.3. The van der Waals surface area contributed by atoms with Crippen LogP contribution in [0.4, 0.5) is 0 Å². The number of nitrogens with two attached hydrogens (primary N) is 1. The Hall–Kier alpha value is -1.10. The van der Waals surface area contributed by atoms with Crippen molar-refractivity contribution in [2.24, 2.45) is 11.7 Å². The van der Waals surface area contributed by atoms with Gasteiger partial charge in [-0.25, -0.2) is 0 Å². The highest BCUT2D eigenvalue weighted by Crippen LogP contribution is 2.27. The molecule has 2 amide bonds. The van der Waals surface area contributed by atoms with Gasteiger partial charge in [-0.1, -0.05) is 33.1 Å². The maximum Gasteiger partial charge on any atom is 0.239 e. The van der Waals surface area contributed by atoms with Gasteiger partial charge in [0.15, 0.2) is 0 Å². The van der Waals surface area contributed by atoms with Crippen LogP contribution in [0.25, 0.3) is 0 Å². The van der Waals surface area contributed by atoms with Gasteiger partial charge in [-0.05, 0) is 25.7 Å². The Kier molecular flexibility index (Phi) is 5.79. The molecule has 5 nitrogen and oxygen atoms in total. The molecule has 0 spiro atoms. The molecule has 0 unspecified atom stereocenters. The normalized spacial score (nSPS) is 19.8. The average Bonchev–Trinajstić information content (AvgIpc) is 2.35. The lowest BCUT2D eigenvalue weighted by Gasteiger charge is -2.34. The van der Waals surface area contributed by atoms with Crippen molar-refractivity contribution < 1.29 is 9.59 Å². The lowest BCUT2D eigenvalue weighted by molar-refractivity contribution is -0.128. The van der Waals surface area contributed by atoms with E-state index in [1.165, 1.54) is 6.42 Å². The minimum Gasteiger partial charge on any atom is -0.349 e. The summed E-state index contributed by atoms with van der Waals surface area (Å²) in [5.74, 6) is -0.327. The van der Waals surface area contributed by atoms with Crippen molar-refractivity contribution in [1.29, 1.82) is 0 Å². The molecule has 1 aliphatic carbocycles. The Balaban J connectivity index is 2.33. The largest absolute Gasteiger partial charge is 0.349 e. The second-order valence-electron chi connectivity index (χ2n) is 6.16. The smallest absolute Gasteiger partial charge is 0.239 e. The van der Waals surface area contributed by atoms with Crippen LogP contribution in [0.1, 0.15) is 52.9 Å². The van der Waals surface area contributed by atoms with Gasteiger partial charge in [-0.15, -0.1) is 0 Å². The van der Waals surface area contributed by atoms with Crippen LogP contribution in [0.2, 0.25) is 0 Å². The first-order chi connectivity index (χ1) is 8.84. The number of hydrogen-bond donors (Lipinski definition) is 3. The first-order valence-corrected chi connectivity index (χ1v) is 7.18. The van der Waals surface area contributed by atoms with Gasteiger partial charge in [0.2, 0.25) is 11.8 Å². The summed E-state index contributed by atoms with van der Waals surface area (Å²) in [5.41, 5.74) is 5.60. The molecule has 1 aliphatic rings. The summed E-state index contributed by atoms with van der Waals surface area (Å²) < 4.78 is 0. The standard InChI is InChI=1S/C14H27N3O2/c1-10(2)12(15)13(19)16-9-11(18)17-14(3)7-5-4-6-8-14/h10,12H,4-9,15H2,1-3H3,(H,16,19)(H,17,18)/t12-/m0/s1. The van der Waals surface area contributed by atoms with Crippen LogP contribution in [-0.4, -0.2) is 29.9 Å². The zero-order valence-electron chi connectivity index (χ0n) is 12.3. The van der Waals surface area contributed by atoms with E-state index in [1.54, 1.807) is 0 Å². The van der Waals surface area contributed by atoms with Crippen molar-refractivity contribution in [2.45, 2.75) is 64.5 Å². The number of carbonyl (C=O) groups is 2. The van der Waals surface area contributed by atoms with E-state index in [9.17, 15) is 9.59 Å². The van der Waals surface area contributed by atoms with Crippen molar-refractivity contribution in [3.8, 4) is 0 Å². The van der Waals surface area contributed by atoms with Gasteiger partial charge < -0.3 is 16.4 Å². The van der Waals surface area contributed by atoms with Gasteiger partial charge in [0, 0.05) is 5.54 Å². The summed E-state index contributed by atoms with van der Waals surface area (Å²) in [4.78, 5) is 23.5. The van der Waals surface area contributed by atoms with E-state index in [2.05, 4.69) is 17.6 Å². The summed E-state index contributed by atoms with van der Waals surface area (Å²) in [6.07, 6.45) is 5.57. The van der Waals surface area contributed by atoms with Crippen LogP contribution in [0.15, 0.2) is 0 Å². The molecule has 5 heteroatoms. The molecule has 0 radical (unpaired) electrons. The monoisotopic (exact) mass is 269 g/mol. The molecule has 1 atom stereocenters. The SMILES string of the molecule is CC(C)[C@H](N)C(=O)NCC(=O)NC1(C)CCCCC1. The molecule has 0 aromatic carbocycles. The van der Waals surface area contributed by atoms with Gasteiger partial charge in [-0.2, -0.15) is 0 Å². The van der Waals surface area contributed by atoms with Gasteiger partial charge in [0.1, 0.15) is 0 Å². The predicted molar refractivity (Wildman–Crippen MR) is 75.5 cm³/mol. The van der Waals surface area contributed by atoms with E-state index in [-0.39, 0.29) is 29.8 Å². The molecule has 1 saturated carbocycles. The molecule has 0 aromatic rings. The zero-order chi connectivity index (χ0) is 14.5. The highest BCUT2D eigenvalue weighted by Gasteiger charge is 2.28. The van der Waals surface area contributed by atoms with Gasteiger partial charge in [-0.3, -0.25) is 9.59 Å². The fourth-order valence-corrected chi connectivity index (χ4v) is 2.43. The molecule has 1 rings (SSSR count). The lowest BCUT2D eigenvalue weighted by Crippen LogP contribution is -2.52. The molecule has 110 valence electrons. The predicted octanol–water partition coefficient (Wildman–Crippen LogP) is 0.925. The molecular weight excluding hydrogens is 242 g/mol. The van der Waals surface area contributed by atoms with Crippen molar-refractivity contribution in [3.05, 3.63) is 0 Å². The topological polar surface area (TPSA) is 84.2 Å². The molecule has 0 aromatic heterocycles. The molecule has 0 heterocycles. The first-order valence-electron chi connectivity index (χ1n) is 7.18. The summed E-state index contributed by atoms with van der Waals surface area (Å²) in [6, 6.07) is -0.557. The summed E-state index contributed by atoms with van der Waals surface area (Å²) >= 11 is 0. The fraction of sp³-hybridized carbons (Fsp3) is 0.857. The third kappa shape index (κ3) is 5.19.